The molecule has 0 fully saturated rings. The van der Waals surface area contributed by atoms with Crippen LogP contribution in [0.3, 0.4) is 0 Å². The van der Waals surface area contributed by atoms with Gasteiger partial charge in [-0.3, -0.25) is 4.90 Å². The van der Waals surface area contributed by atoms with Crippen molar-refractivity contribution in [1.29, 1.82) is 5.26 Å². The van der Waals surface area contributed by atoms with Crippen LogP contribution >= 0.6 is 11.3 Å². The maximum Gasteiger partial charge on any atom is 0.107 e. The third-order valence-electron chi connectivity index (χ3n) is 4.55. The van der Waals surface area contributed by atoms with Gasteiger partial charge in [0.05, 0.1) is 5.56 Å². The van der Waals surface area contributed by atoms with Crippen molar-refractivity contribution in [3.05, 3.63) is 51.9 Å². The molecule has 0 aliphatic carbocycles. The van der Waals surface area contributed by atoms with Crippen LogP contribution in [0.15, 0.2) is 30.3 Å². The Balaban J connectivity index is 1.99. The number of nitrogens with zero attached hydrogens (tertiary/aromatic N) is 2. The summed E-state index contributed by atoms with van der Waals surface area (Å²) in [6, 6.07) is 13.0. The molecule has 1 aliphatic heterocycles. The van der Waals surface area contributed by atoms with E-state index in [0.717, 1.165) is 30.1 Å². The summed E-state index contributed by atoms with van der Waals surface area (Å²) in [7, 11) is 1.90. The van der Waals surface area contributed by atoms with Crippen molar-refractivity contribution in [2.45, 2.75) is 32.4 Å². The summed E-state index contributed by atoms with van der Waals surface area (Å²) in [4.78, 5) is 3.84. The van der Waals surface area contributed by atoms with Gasteiger partial charge in [-0.05, 0) is 25.8 Å². The van der Waals surface area contributed by atoms with E-state index in [9.17, 15) is 5.26 Å². The first kappa shape index (κ1) is 15.1. The van der Waals surface area contributed by atoms with Gasteiger partial charge in [-0.15, -0.1) is 11.3 Å². The Kier molecular flexibility index (Phi) is 3.94. The van der Waals surface area contributed by atoms with Gasteiger partial charge < -0.3 is 5.32 Å². The fourth-order valence-corrected chi connectivity index (χ4v) is 4.58. The highest BCUT2D eigenvalue weighted by molar-refractivity contribution is 7.16. The summed E-state index contributed by atoms with van der Waals surface area (Å²) in [5.41, 5.74) is 3.23. The molecule has 22 heavy (non-hydrogen) atoms. The molecular weight excluding hydrogens is 290 g/mol. The molecule has 1 aromatic heterocycles. The van der Waals surface area contributed by atoms with Crippen LogP contribution in [0, 0.1) is 11.3 Å². The molecule has 0 radical (unpaired) electrons. The van der Waals surface area contributed by atoms with Crippen LogP contribution in [0.4, 0.5) is 5.00 Å². The smallest absolute Gasteiger partial charge is 0.107 e. The molecule has 2 aromatic rings. The van der Waals surface area contributed by atoms with Gasteiger partial charge in [-0.1, -0.05) is 30.3 Å². The van der Waals surface area contributed by atoms with Gasteiger partial charge in [-0.2, -0.15) is 5.26 Å². The zero-order valence-corrected chi connectivity index (χ0v) is 14.1. The summed E-state index contributed by atoms with van der Waals surface area (Å²) in [5, 5.41) is 13.8. The second kappa shape index (κ2) is 5.75. The van der Waals surface area contributed by atoms with E-state index in [4.69, 9.17) is 0 Å². The first-order chi connectivity index (χ1) is 10.6. The van der Waals surface area contributed by atoms with Crippen molar-refractivity contribution in [2.75, 3.05) is 18.9 Å². The Labute approximate surface area is 136 Å². The fourth-order valence-electron chi connectivity index (χ4n) is 3.34. The lowest BCUT2D eigenvalue weighted by Crippen LogP contribution is -2.46. The van der Waals surface area contributed by atoms with E-state index >= 15 is 0 Å². The van der Waals surface area contributed by atoms with E-state index in [0.29, 0.717) is 0 Å². The Morgan fingerprint density at radius 2 is 2.05 bits per heavy atom. The van der Waals surface area contributed by atoms with Gasteiger partial charge >= 0.3 is 0 Å². The van der Waals surface area contributed by atoms with E-state index in [1.165, 1.54) is 16.0 Å². The van der Waals surface area contributed by atoms with Gasteiger partial charge in [0.1, 0.15) is 11.1 Å². The molecule has 1 aliphatic rings. The zero-order chi connectivity index (χ0) is 15.7. The van der Waals surface area contributed by atoms with Crippen LogP contribution in [-0.2, 0) is 18.5 Å². The van der Waals surface area contributed by atoms with Gasteiger partial charge in [0.2, 0.25) is 0 Å². The Morgan fingerprint density at radius 1 is 1.32 bits per heavy atom. The number of nitrogens with one attached hydrogen (secondary N) is 1. The van der Waals surface area contributed by atoms with Crippen LogP contribution < -0.4 is 5.32 Å². The molecule has 0 atom stereocenters. The molecule has 0 spiro atoms. The van der Waals surface area contributed by atoms with Crippen molar-refractivity contribution in [2.24, 2.45) is 0 Å². The first-order valence-electron chi connectivity index (χ1n) is 7.61. The van der Waals surface area contributed by atoms with Crippen LogP contribution in [0.2, 0.25) is 0 Å². The van der Waals surface area contributed by atoms with Crippen molar-refractivity contribution in [3.8, 4) is 6.07 Å². The molecule has 3 rings (SSSR count). The lowest BCUT2D eigenvalue weighted by Gasteiger charge is -2.43. The lowest BCUT2D eigenvalue weighted by atomic mass is 9.85. The molecule has 0 saturated carbocycles. The summed E-state index contributed by atoms with van der Waals surface area (Å²) >= 11 is 1.74. The van der Waals surface area contributed by atoms with E-state index in [1.807, 2.05) is 7.05 Å². The minimum atomic E-state index is -0.125. The minimum absolute atomic E-state index is 0.125. The summed E-state index contributed by atoms with van der Waals surface area (Å²) in [6.45, 7) is 6.42. The predicted octanol–water partition coefficient (Wildman–Crippen LogP) is 3.95. The summed E-state index contributed by atoms with van der Waals surface area (Å²) in [5.74, 6) is 0. The SMILES string of the molecule is CNc1sc2c(c1C#N)C(C)(C)N(Cc1ccccc1)CC2. The van der Waals surface area contributed by atoms with E-state index in [-0.39, 0.29) is 5.54 Å². The lowest BCUT2D eigenvalue weighted by molar-refractivity contribution is 0.0995. The molecule has 0 saturated heterocycles. The standard InChI is InChI=1S/C18H21N3S/c1-18(2)16-14(11-19)17(20-3)22-15(16)9-10-21(18)12-13-7-5-4-6-8-13/h4-8,20H,9-10,12H2,1-3H3. The molecule has 1 aromatic carbocycles. The molecule has 114 valence electrons. The number of thiophene rings is 1. The Hall–Kier alpha value is -1.83. The first-order valence-corrected chi connectivity index (χ1v) is 8.42. The van der Waals surface area contributed by atoms with Crippen LogP contribution in [0.1, 0.15) is 35.4 Å². The number of fused-ring (bicyclic) bond motifs is 1. The van der Waals surface area contributed by atoms with Crippen molar-refractivity contribution in [1.82, 2.24) is 4.90 Å². The monoisotopic (exact) mass is 311 g/mol. The third kappa shape index (κ3) is 2.41. The predicted molar refractivity (Wildman–Crippen MR) is 92.2 cm³/mol. The van der Waals surface area contributed by atoms with E-state index in [2.05, 4.69) is 60.5 Å². The number of nitriles is 1. The number of benzene rings is 1. The Morgan fingerprint density at radius 3 is 2.68 bits per heavy atom. The van der Waals surface area contributed by atoms with Crippen molar-refractivity contribution >= 4 is 16.3 Å². The third-order valence-corrected chi connectivity index (χ3v) is 5.81. The number of hydrogen-bond donors (Lipinski definition) is 1. The number of anilines is 1. The second-order valence-electron chi connectivity index (χ2n) is 6.18. The molecule has 0 amide bonds. The average Bonchev–Trinajstić information content (AvgIpc) is 2.90. The van der Waals surface area contributed by atoms with Gasteiger partial charge in [0, 0.05) is 36.1 Å². The fraction of sp³-hybridized carbons (Fsp3) is 0.389. The Bertz CT molecular complexity index is 710. The molecular formula is C18H21N3S. The minimum Gasteiger partial charge on any atom is -0.379 e. The topological polar surface area (TPSA) is 39.1 Å². The second-order valence-corrected chi connectivity index (χ2v) is 7.29. The molecule has 1 N–H and O–H groups in total. The van der Waals surface area contributed by atoms with Crippen LogP contribution in [0.5, 0.6) is 0 Å². The molecule has 3 nitrogen and oxygen atoms in total. The van der Waals surface area contributed by atoms with Gasteiger partial charge in [0.15, 0.2) is 0 Å². The van der Waals surface area contributed by atoms with Crippen LogP contribution in [0.25, 0.3) is 0 Å². The van der Waals surface area contributed by atoms with E-state index in [1.54, 1.807) is 11.3 Å². The highest BCUT2D eigenvalue weighted by Gasteiger charge is 2.39. The quantitative estimate of drug-likeness (QED) is 0.932. The maximum absolute atomic E-state index is 9.60. The summed E-state index contributed by atoms with van der Waals surface area (Å²) in [6.07, 6.45) is 1.02. The van der Waals surface area contributed by atoms with Crippen LogP contribution in [-0.4, -0.2) is 18.5 Å². The largest absolute Gasteiger partial charge is 0.379 e. The normalized spacial score (nSPS) is 16.8. The zero-order valence-electron chi connectivity index (χ0n) is 13.3. The molecule has 2 heterocycles. The highest BCUT2D eigenvalue weighted by Crippen LogP contribution is 2.45. The molecule has 0 bridgehead atoms. The molecule has 4 heteroatoms. The number of hydrogen-bond acceptors (Lipinski definition) is 4. The average molecular weight is 311 g/mol. The number of rotatable bonds is 3. The van der Waals surface area contributed by atoms with E-state index < -0.39 is 0 Å². The maximum atomic E-state index is 9.60. The highest BCUT2D eigenvalue weighted by atomic mass is 32.1. The summed E-state index contributed by atoms with van der Waals surface area (Å²) < 4.78 is 0. The van der Waals surface area contributed by atoms with Crippen molar-refractivity contribution in [3.63, 3.8) is 0 Å². The van der Waals surface area contributed by atoms with Gasteiger partial charge in [-0.25, -0.2) is 0 Å². The van der Waals surface area contributed by atoms with Crippen molar-refractivity contribution < 1.29 is 0 Å². The van der Waals surface area contributed by atoms with Gasteiger partial charge in [0.25, 0.3) is 0 Å². The molecule has 0 unspecified atom stereocenters.